The highest BCUT2D eigenvalue weighted by Crippen LogP contribution is 2.22. The Morgan fingerprint density at radius 3 is 2.00 bits per heavy atom. The van der Waals surface area contributed by atoms with E-state index in [1.54, 1.807) is 6.92 Å². The number of Topliss-reactive ketones (excluding diaryl/α,β-unsaturated/α-hetero) is 2. The number of carbonyl (C=O) groups is 4. The summed E-state index contributed by atoms with van der Waals surface area (Å²) < 4.78 is 4.77. The van der Waals surface area contributed by atoms with E-state index in [9.17, 15) is 19.2 Å². The van der Waals surface area contributed by atoms with Crippen molar-refractivity contribution in [1.82, 2.24) is 5.32 Å². The van der Waals surface area contributed by atoms with E-state index in [0.29, 0.717) is 12.8 Å². The van der Waals surface area contributed by atoms with Gasteiger partial charge in [0.2, 0.25) is 5.91 Å². The number of ketones is 2. The molecule has 0 aromatic heterocycles. The summed E-state index contributed by atoms with van der Waals surface area (Å²) in [7, 11) is 0. The van der Waals surface area contributed by atoms with Gasteiger partial charge >= 0.3 is 5.97 Å². The summed E-state index contributed by atoms with van der Waals surface area (Å²) in [6.45, 7) is 8.61. The number of carbonyl (C=O) groups excluding carboxylic acids is 4. The number of esters is 1. The highest BCUT2D eigenvalue weighted by Gasteiger charge is 2.31. The molecular formula is C19H33NO6. The lowest BCUT2D eigenvalue weighted by atomic mass is 9.83. The molecule has 0 aromatic rings. The first-order chi connectivity index (χ1) is 12.1. The molecule has 0 aliphatic rings. The van der Waals surface area contributed by atoms with Gasteiger partial charge in [-0.25, -0.2) is 0 Å². The first-order valence-corrected chi connectivity index (χ1v) is 9.21. The van der Waals surface area contributed by atoms with E-state index in [4.69, 9.17) is 9.84 Å². The predicted molar refractivity (Wildman–Crippen MR) is 97.2 cm³/mol. The molecule has 1 unspecified atom stereocenters. The topological polar surface area (TPSA) is 110 Å². The molecule has 0 rings (SSSR count). The van der Waals surface area contributed by atoms with Crippen LogP contribution < -0.4 is 5.32 Å². The third-order valence-corrected chi connectivity index (χ3v) is 3.93. The lowest BCUT2D eigenvalue weighted by Gasteiger charge is -2.21. The molecule has 0 saturated heterocycles. The minimum Gasteiger partial charge on any atom is -0.465 e. The maximum atomic E-state index is 12.6. The van der Waals surface area contributed by atoms with Gasteiger partial charge in [0, 0.05) is 12.3 Å². The van der Waals surface area contributed by atoms with Crippen molar-refractivity contribution < 1.29 is 29.0 Å². The molecular weight excluding hydrogens is 338 g/mol. The summed E-state index contributed by atoms with van der Waals surface area (Å²) in [6.07, 6.45) is 0.717. The number of ether oxygens (including phenoxy) is 1. The number of amides is 1. The van der Waals surface area contributed by atoms with E-state index in [-0.39, 0.29) is 37.2 Å². The number of hydrogen-bond acceptors (Lipinski definition) is 6. The van der Waals surface area contributed by atoms with E-state index in [1.165, 1.54) is 0 Å². The maximum absolute atomic E-state index is 12.6. The van der Waals surface area contributed by atoms with Crippen LogP contribution in [0.3, 0.4) is 0 Å². The van der Waals surface area contributed by atoms with Gasteiger partial charge < -0.3 is 15.2 Å². The number of hydrogen-bond donors (Lipinski definition) is 2. The summed E-state index contributed by atoms with van der Waals surface area (Å²) in [6, 6.07) is 0. The number of nitrogens with one attached hydrogen (secondary N) is 1. The summed E-state index contributed by atoms with van der Waals surface area (Å²) in [5.41, 5.74) is 0. The van der Waals surface area contributed by atoms with Crippen LogP contribution in [0.4, 0.5) is 0 Å². The largest absolute Gasteiger partial charge is 0.465 e. The second-order valence-corrected chi connectivity index (χ2v) is 7.33. The van der Waals surface area contributed by atoms with Gasteiger partial charge in [-0.05, 0) is 31.6 Å². The third-order valence-electron chi connectivity index (χ3n) is 3.93. The number of rotatable bonds is 13. The Morgan fingerprint density at radius 1 is 0.962 bits per heavy atom. The van der Waals surface area contributed by atoms with Crippen molar-refractivity contribution in [3.8, 4) is 0 Å². The molecule has 2 atom stereocenters. The standard InChI is InChI=1S/C19H33NO6/c1-6-26-18(24)10-20-19(25)14(7-12(2)3)9-16(22)15(8-13(4)5)17(23)11-21/h12-15,21H,6-11H2,1-5H3,(H,20,25)/t14-,15?/m1/s1. The zero-order chi connectivity index (χ0) is 20.3. The fraction of sp³-hybridized carbons (Fsp3) is 0.789. The minimum absolute atomic E-state index is 0.0873. The zero-order valence-electron chi connectivity index (χ0n) is 16.5. The zero-order valence-corrected chi connectivity index (χ0v) is 16.5. The van der Waals surface area contributed by atoms with Gasteiger partial charge in [-0.1, -0.05) is 27.7 Å². The van der Waals surface area contributed by atoms with Crippen LogP contribution in [0.2, 0.25) is 0 Å². The summed E-state index contributed by atoms with van der Waals surface area (Å²) in [4.78, 5) is 48.3. The van der Waals surface area contributed by atoms with Crippen molar-refractivity contribution in [1.29, 1.82) is 0 Å². The van der Waals surface area contributed by atoms with Gasteiger partial charge in [0.05, 0.1) is 12.5 Å². The highest BCUT2D eigenvalue weighted by atomic mass is 16.5. The fourth-order valence-corrected chi connectivity index (χ4v) is 2.78. The Morgan fingerprint density at radius 2 is 1.54 bits per heavy atom. The van der Waals surface area contributed by atoms with E-state index >= 15 is 0 Å². The normalized spacial score (nSPS) is 13.4. The molecule has 0 aliphatic heterocycles. The van der Waals surface area contributed by atoms with E-state index < -0.39 is 36.1 Å². The minimum atomic E-state index is -0.896. The van der Waals surface area contributed by atoms with Gasteiger partial charge in [-0.15, -0.1) is 0 Å². The third kappa shape index (κ3) is 9.65. The smallest absolute Gasteiger partial charge is 0.325 e. The predicted octanol–water partition coefficient (Wildman–Crippen LogP) is 1.51. The molecule has 0 saturated carbocycles. The second-order valence-electron chi connectivity index (χ2n) is 7.33. The second kappa shape index (κ2) is 12.6. The van der Waals surface area contributed by atoms with Crippen molar-refractivity contribution in [2.24, 2.45) is 23.7 Å². The average molecular weight is 371 g/mol. The lowest BCUT2D eigenvalue weighted by Crippen LogP contribution is -2.38. The van der Waals surface area contributed by atoms with Crippen LogP contribution in [-0.2, 0) is 23.9 Å². The maximum Gasteiger partial charge on any atom is 0.325 e. The Balaban J connectivity index is 5.04. The Bertz CT molecular complexity index is 486. The first kappa shape index (κ1) is 24.2. The first-order valence-electron chi connectivity index (χ1n) is 9.21. The van der Waals surface area contributed by atoms with Crippen LogP contribution >= 0.6 is 0 Å². The fourth-order valence-electron chi connectivity index (χ4n) is 2.78. The van der Waals surface area contributed by atoms with Crippen LogP contribution in [0.25, 0.3) is 0 Å². The van der Waals surface area contributed by atoms with E-state index in [2.05, 4.69) is 5.32 Å². The molecule has 2 N–H and O–H groups in total. The molecule has 1 amide bonds. The van der Waals surface area contributed by atoms with Gasteiger partial charge in [0.25, 0.3) is 0 Å². The molecule has 7 heteroatoms. The Kier molecular flexibility index (Phi) is 11.7. The summed E-state index contributed by atoms with van der Waals surface area (Å²) in [5.74, 6) is -3.04. The van der Waals surface area contributed by atoms with Gasteiger partial charge in [-0.2, -0.15) is 0 Å². The van der Waals surface area contributed by atoms with Crippen LogP contribution in [0.1, 0.15) is 53.9 Å². The van der Waals surface area contributed by atoms with E-state index in [0.717, 1.165) is 0 Å². The molecule has 0 spiro atoms. The molecule has 0 bridgehead atoms. The van der Waals surface area contributed by atoms with Crippen LogP contribution in [-0.4, -0.2) is 48.3 Å². The lowest BCUT2D eigenvalue weighted by molar-refractivity contribution is -0.144. The van der Waals surface area contributed by atoms with Crippen molar-refractivity contribution >= 4 is 23.4 Å². The molecule has 0 heterocycles. The van der Waals surface area contributed by atoms with Crippen molar-refractivity contribution in [3.63, 3.8) is 0 Å². The Labute approximate surface area is 155 Å². The summed E-state index contributed by atoms with van der Waals surface area (Å²) >= 11 is 0. The van der Waals surface area contributed by atoms with Crippen LogP contribution in [0.15, 0.2) is 0 Å². The van der Waals surface area contributed by atoms with Crippen LogP contribution in [0, 0.1) is 23.7 Å². The monoisotopic (exact) mass is 371 g/mol. The van der Waals surface area contributed by atoms with Crippen molar-refractivity contribution in [3.05, 3.63) is 0 Å². The molecule has 0 aliphatic carbocycles. The average Bonchev–Trinajstić information content (AvgIpc) is 2.55. The highest BCUT2D eigenvalue weighted by molar-refractivity contribution is 6.04. The number of aliphatic hydroxyl groups excluding tert-OH is 1. The molecule has 26 heavy (non-hydrogen) atoms. The Hall–Kier alpha value is -1.76. The molecule has 0 aromatic carbocycles. The molecule has 150 valence electrons. The SMILES string of the molecule is CCOC(=O)CNC(=O)[C@@H](CC(=O)C(CC(C)C)C(=O)CO)CC(C)C. The summed E-state index contributed by atoms with van der Waals surface area (Å²) in [5, 5.41) is 11.6. The molecule has 0 radical (unpaired) electrons. The van der Waals surface area contributed by atoms with Crippen LogP contribution in [0.5, 0.6) is 0 Å². The molecule has 7 nitrogen and oxygen atoms in total. The quantitative estimate of drug-likeness (QED) is 0.375. The van der Waals surface area contributed by atoms with Crippen molar-refractivity contribution in [2.45, 2.75) is 53.9 Å². The van der Waals surface area contributed by atoms with Gasteiger partial charge in [-0.3, -0.25) is 19.2 Å². The van der Waals surface area contributed by atoms with Gasteiger partial charge in [0.1, 0.15) is 18.9 Å². The molecule has 0 fully saturated rings. The number of aliphatic hydroxyl groups is 1. The van der Waals surface area contributed by atoms with Gasteiger partial charge in [0.15, 0.2) is 5.78 Å². The van der Waals surface area contributed by atoms with Crippen molar-refractivity contribution in [2.75, 3.05) is 19.8 Å². The van der Waals surface area contributed by atoms with E-state index in [1.807, 2.05) is 27.7 Å².